The predicted molar refractivity (Wildman–Crippen MR) is 125 cm³/mol. The van der Waals surface area contributed by atoms with E-state index in [9.17, 15) is 0 Å². The molecule has 0 atom stereocenters. The molecular weight excluding hydrogens is 550 g/mol. The van der Waals surface area contributed by atoms with Gasteiger partial charge in [0.2, 0.25) is 0 Å². The van der Waals surface area contributed by atoms with Crippen LogP contribution >= 0.6 is 45.2 Å². The number of aromatic nitrogens is 4. The van der Waals surface area contributed by atoms with Crippen molar-refractivity contribution in [3.8, 4) is 0 Å². The van der Waals surface area contributed by atoms with Crippen LogP contribution in [0.4, 0.5) is 0 Å². The Bertz CT molecular complexity index is 1260. The summed E-state index contributed by atoms with van der Waals surface area (Å²) in [4.78, 5) is 16.3. The van der Waals surface area contributed by atoms with Crippen molar-refractivity contribution in [1.29, 1.82) is 0 Å². The highest BCUT2D eigenvalue weighted by atomic mass is 127. The molecule has 6 heteroatoms. The van der Waals surface area contributed by atoms with Gasteiger partial charge in [0.15, 0.2) is 0 Å². The molecule has 3 aromatic heterocycles. The highest BCUT2D eigenvalue weighted by Gasteiger charge is 2.15. The third-order valence-corrected chi connectivity index (χ3v) is 7.44. The molecule has 2 N–H and O–H groups in total. The average molecular weight is 562 g/mol. The Kier molecular flexibility index (Phi) is 3.96. The van der Waals surface area contributed by atoms with Crippen LogP contribution in [0, 0.1) is 0 Å². The molecule has 2 aliphatic rings. The molecule has 0 aliphatic carbocycles. The minimum atomic E-state index is 0.919. The number of rotatable bonds is 0. The molecule has 0 saturated heterocycles. The number of halogens is 2. The molecular formula is C20H12I2N4. The lowest BCUT2D eigenvalue weighted by atomic mass is 10.3. The van der Waals surface area contributed by atoms with E-state index in [1.165, 1.54) is 0 Å². The van der Waals surface area contributed by atoms with Crippen molar-refractivity contribution in [2.45, 2.75) is 0 Å². The van der Waals surface area contributed by atoms with Gasteiger partial charge >= 0.3 is 0 Å². The summed E-state index contributed by atoms with van der Waals surface area (Å²) in [6, 6.07) is 16.6. The minimum absolute atomic E-state index is 0.919. The van der Waals surface area contributed by atoms with E-state index in [2.05, 4.69) is 96.5 Å². The Labute approximate surface area is 176 Å². The van der Waals surface area contributed by atoms with Gasteiger partial charge in [-0.2, -0.15) is 0 Å². The highest BCUT2D eigenvalue weighted by Crippen LogP contribution is 2.39. The molecule has 3 aromatic rings. The Morgan fingerprint density at radius 2 is 1.08 bits per heavy atom. The van der Waals surface area contributed by atoms with Gasteiger partial charge in [-0.15, -0.1) is 0 Å². The van der Waals surface area contributed by atoms with Crippen LogP contribution in [-0.2, 0) is 0 Å². The monoisotopic (exact) mass is 562 g/mol. The molecule has 5 rings (SSSR count). The third-order valence-electron chi connectivity index (χ3n) is 4.22. The molecule has 0 unspecified atom stereocenters. The molecule has 4 nitrogen and oxygen atoms in total. The van der Waals surface area contributed by atoms with Crippen molar-refractivity contribution in [3.05, 3.63) is 71.3 Å². The largest absolute Gasteiger partial charge is 0.355 e. The van der Waals surface area contributed by atoms with E-state index in [1.54, 1.807) is 0 Å². The number of H-pyrrole nitrogens is 2. The van der Waals surface area contributed by atoms with E-state index in [-0.39, 0.29) is 0 Å². The van der Waals surface area contributed by atoms with Gasteiger partial charge < -0.3 is 9.97 Å². The first kappa shape index (κ1) is 16.2. The number of aromatic amines is 2. The zero-order valence-corrected chi connectivity index (χ0v) is 17.7. The number of nitrogens with zero attached hydrogens (tertiary/aromatic N) is 2. The SMILES string of the molecule is IC1=C(I)c2cc3ccc(cc4ccc(cc5nc(cc1n2)C=C5)[nH]4)[nH]3. The molecule has 0 saturated carbocycles. The summed E-state index contributed by atoms with van der Waals surface area (Å²) < 4.78 is 2.31. The fourth-order valence-electron chi connectivity index (χ4n) is 3.01. The number of nitrogens with one attached hydrogen (secondary N) is 2. The summed E-state index contributed by atoms with van der Waals surface area (Å²) in [5.74, 6) is 0. The smallest absolute Gasteiger partial charge is 0.0803 e. The average Bonchev–Trinajstić information content (AvgIpc) is 3.38. The van der Waals surface area contributed by atoms with Crippen LogP contribution in [0.3, 0.4) is 0 Å². The lowest BCUT2D eigenvalue weighted by molar-refractivity contribution is 1.27. The first-order valence-electron chi connectivity index (χ1n) is 8.06. The van der Waals surface area contributed by atoms with Crippen LogP contribution < -0.4 is 0 Å². The van der Waals surface area contributed by atoms with Crippen LogP contribution in [0.2, 0.25) is 0 Å². The van der Waals surface area contributed by atoms with E-state index in [4.69, 9.17) is 4.98 Å². The fraction of sp³-hybridized carbons (Fsp3) is 0. The second-order valence-corrected chi connectivity index (χ2v) is 8.28. The van der Waals surface area contributed by atoms with Crippen LogP contribution in [-0.4, -0.2) is 19.9 Å². The van der Waals surface area contributed by atoms with E-state index < -0.39 is 0 Å². The molecule has 5 heterocycles. The van der Waals surface area contributed by atoms with Gasteiger partial charge in [-0.1, -0.05) is 0 Å². The van der Waals surface area contributed by atoms with Crippen molar-refractivity contribution in [3.63, 3.8) is 0 Å². The molecule has 0 amide bonds. The van der Waals surface area contributed by atoms with E-state index >= 15 is 0 Å². The van der Waals surface area contributed by atoms with Crippen LogP contribution in [0.25, 0.3) is 41.4 Å². The van der Waals surface area contributed by atoms with Crippen LogP contribution in [0.5, 0.6) is 0 Å². The maximum Gasteiger partial charge on any atom is 0.0803 e. The van der Waals surface area contributed by atoms with Crippen molar-refractivity contribution in [1.82, 2.24) is 19.9 Å². The van der Waals surface area contributed by atoms with Crippen molar-refractivity contribution in [2.75, 3.05) is 0 Å². The molecule has 0 aromatic carbocycles. The lowest BCUT2D eigenvalue weighted by Gasteiger charge is -1.90. The number of hydrogen-bond acceptors (Lipinski definition) is 2. The summed E-state index contributed by atoms with van der Waals surface area (Å²) in [5, 5.41) is 0. The minimum Gasteiger partial charge on any atom is -0.355 e. The van der Waals surface area contributed by atoms with Gasteiger partial charge in [0, 0.05) is 22.1 Å². The number of hydrogen-bond donors (Lipinski definition) is 2. The molecule has 126 valence electrons. The summed E-state index contributed by atoms with van der Waals surface area (Å²) in [6.45, 7) is 0. The Hall–Kier alpha value is -1.94. The van der Waals surface area contributed by atoms with Gasteiger partial charge in [0.05, 0.1) is 29.9 Å². The van der Waals surface area contributed by atoms with Crippen LogP contribution in [0.15, 0.2) is 48.5 Å². The van der Waals surface area contributed by atoms with Gasteiger partial charge in [-0.25, -0.2) is 9.97 Å². The number of fused-ring (bicyclic) bond motifs is 8. The molecule has 0 fully saturated rings. The second kappa shape index (κ2) is 6.34. The summed E-state index contributed by atoms with van der Waals surface area (Å²) in [7, 11) is 0. The molecule has 8 bridgehead atoms. The Morgan fingerprint density at radius 1 is 0.577 bits per heavy atom. The first-order valence-corrected chi connectivity index (χ1v) is 10.2. The molecule has 26 heavy (non-hydrogen) atoms. The molecule has 2 aliphatic heterocycles. The van der Waals surface area contributed by atoms with E-state index in [0.717, 1.165) is 52.0 Å². The molecule has 0 spiro atoms. The quantitative estimate of drug-likeness (QED) is 0.252. The topological polar surface area (TPSA) is 57.4 Å². The van der Waals surface area contributed by atoms with Crippen molar-refractivity contribution in [2.24, 2.45) is 0 Å². The summed E-state index contributed by atoms with van der Waals surface area (Å²) in [6.07, 6.45) is 4.05. The summed E-state index contributed by atoms with van der Waals surface area (Å²) >= 11 is 4.72. The Morgan fingerprint density at radius 3 is 1.73 bits per heavy atom. The summed E-state index contributed by atoms with van der Waals surface area (Å²) in [5.41, 5.74) is 7.95. The van der Waals surface area contributed by atoms with Crippen molar-refractivity contribution < 1.29 is 0 Å². The maximum absolute atomic E-state index is 4.80. The van der Waals surface area contributed by atoms with E-state index in [0.29, 0.717) is 0 Å². The Balaban J connectivity index is 1.88. The van der Waals surface area contributed by atoms with Gasteiger partial charge in [-0.3, -0.25) is 0 Å². The predicted octanol–water partition coefficient (Wildman–Crippen LogP) is 6.18. The van der Waals surface area contributed by atoms with Gasteiger partial charge in [0.1, 0.15) is 0 Å². The van der Waals surface area contributed by atoms with E-state index in [1.807, 2.05) is 24.3 Å². The second-order valence-electron chi connectivity index (χ2n) is 6.12. The highest BCUT2D eigenvalue weighted by molar-refractivity contribution is 14.1. The van der Waals surface area contributed by atoms with Gasteiger partial charge in [0.25, 0.3) is 0 Å². The lowest BCUT2D eigenvalue weighted by Crippen LogP contribution is -1.78. The van der Waals surface area contributed by atoms with Crippen LogP contribution in [0.1, 0.15) is 22.8 Å². The first-order chi connectivity index (χ1) is 12.6. The maximum atomic E-state index is 4.80. The zero-order valence-electron chi connectivity index (χ0n) is 13.4. The zero-order chi connectivity index (χ0) is 17.7. The van der Waals surface area contributed by atoms with Gasteiger partial charge in [-0.05, 0) is 106 Å². The normalized spacial score (nSPS) is 13.5. The third kappa shape index (κ3) is 3.01. The van der Waals surface area contributed by atoms with Crippen molar-refractivity contribution >= 4 is 86.6 Å². The molecule has 0 radical (unpaired) electrons. The standard InChI is InChI=1S/C20H12I2N4/c21-19-17-9-15-5-3-13(24-15)7-11-1-2-12(23-11)8-14-4-6-16(25-14)10-18(26-17)20(19)22/h1-10,23-24H. The fourth-order valence-corrected chi connectivity index (χ4v) is 4.11.